The number of hydrazine groups is 1. The minimum atomic E-state index is -0.126. The molecule has 3 N–H and O–H groups in total. The number of amides is 1. The fourth-order valence-electron chi connectivity index (χ4n) is 2.51. The number of nitrogens with one attached hydrogen (secondary N) is 1. The Balaban J connectivity index is 2.38. The summed E-state index contributed by atoms with van der Waals surface area (Å²) in [5.41, 5.74) is 3.95. The summed E-state index contributed by atoms with van der Waals surface area (Å²) in [5, 5.41) is 0. The van der Waals surface area contributed by atoms with Crippen molar-refractivity contribution in [1.82, 2.24) is 9.88 Å². The van der Waals surface area contributed by atoms with Gasteiger partial charge in [-0.3, -0.25) is 4.79 Å². The van der Waals surface area contributed by atoms with Crippen molar-refractivity contribution < 1.29 is 4.79 Å². The third-order valence-corrected chi connectivity index (χ3v) is 3.80. The number of carbonyl (C=O) groups is 1. The van der Waals surface area contributed by atoms with E-state index in [1.54, 1.807) is 6.07 Å². The first kappa shape index (κ1) is 14.8. The molecule has 2 heterocycles. The van der Waals surface area contributed by atoms with Gasteiger partial charge in [-0.15, -0.1) is 0 Å². The van der Waals surface area contributed by atoms with Crippen LogP contribution in [0.1, 0.15) is 56.6 Å². The van der Waals surface area contributed by atoms with Gasteiger partial charge in [0.2, 0.25) is 0 Å². The molecule has 1 aliphatic rings. The highest BCUT2D eigenvalue weighted by atomic mass is 16.2. The highest BCUT2D eigenvalue weighted by Gasteiger charge is 2.27. The minimum absolute atomic E-state index is 0.0689. The Hall–Kier alpha value is -1.62. The molecular weight excluding hydrogens is 252 g/mol. The lowest BCUT2D eigenvalue weighted by Gasteiger charge is -2.24. The van der Waals surface area contributed by atoms with Gasteiger partial charge in [0.1, 0.15) is 5.82 Å². The molecule has 0 radical (unpaired) electrons. The quantitative estimate of drug-likeness (QED) is 0.642. The van der Waals surface area contributed by atoms with Crippen molar-refractivity contribution in [3.63, 3.8) is 0 Å². The molecule has 1 fully saturated rings. The zero-order valence-electron chi connectivity index (χ0n) is 12.7. The van der Waals surface area contributed by atoms with Crippen molar-refractivity contribution >= 4 is 11.7 Å². The summed E-state index contributed by atoms with van der Waals surface area (Å²) < 4.78 is 0. The maximum atomic E-state index is 12.6. The van der Waals surface area contributed by atoms with Crippen molar-refractivity contribution in [2.24, 2.45) is 5.84 Å². The van der Waals surface area contributed by atoms with Gasteiger partial charge in [0.15, 0.2) is 0 Å². The maximum absolute atomic E-state index is 12.6. The average molecular weight is 276 g/mol. The van der Waals surface area contributed by atoms with E-state index in [2.05, 4.69) is 38.1 Å². The van der Waals surface area contributed by atoms with E-state index in [9.17, 15) is 4.79 Å². The van der Waals surface area contributed by atoms with Crippen LogP contribution in [0.3, 0.4) is 0 Å². The van der Waals surface area contributed by atoms with E-state index >= 15 is 0 Å². The summed E-state index contributed by atoms with van der Waals surface area (Å²) in [5.74, 6) is 6.08. The Morgan fingerprint density at radius 1 is 1.45 bits per heavy atom. The van der Waals surface area contributed by atoms with Gasteiger partial charge in [-0.05, 0) is 31.9 Å². The van der Waals surface area contributed by atoms with Crippen LogP contribution >= 0.6 is 0 Å². The molecule has 1 saturated heterocycles. The van der Waals surface area contributed by atoms with Crippen molar-refractivity contribution in [2.75, 3.05) is 12.0 Å². The largest absolute Gasteiger partial charge is 0.336 e. The first-order valence-corrected chi connectivity index (χ1v) is 7.13. The Morgan fingerprint density at radius 3 is 2.65 bits per heavy atom. The second-order valence-electron chi connectivity index (χ2n) is 6.51. The Morgan fingerprint density at radius 2 is 2.15 bits per heavy atom. The molecule has 0 aliphatic carbocycles. The molecule has 0 spiro atoms. The highest BCUT2D eigenvalue weighted by Crippen LogP contribution is 2.25. The number of hydrogen-bond donors (Lipinski definition) is 2. The summed E-state index contributed by atoms with van der Waals surface area (Å²) in [4.78, 5) is 19.0. The van der Waals surface area contributed by atoms with Gasteiger partial charge in [0.25, 0.3) is 5.91 Å². The second kappa shape index (κ2) is 5.40. The van der Waals surface area contributed by atoms with E-state index in [4.69, 9.17) is 5.84 Å². The van der Waals surface area contributed by atoms with Crippen LogP contribution in [-0.2, 0) is 5.41 Å². The molecule has 110 valence electrons. The van der Waals surface area contributed by atoms with Crippen molar-refractivity contribution in [3.05, 3.63) is 23.4 Å². The van der Waals surface area contributed by atoms with Crippen LogP contribution in [0.15, 0.2) is 12.1 Å². The Labute approximate surface area is 120 Å². The fraction of sp³-hybridized carbons (Fsp3) is 0.600. The lowest BCUT2D eigenvalue weighted by Crippen LogP contribution is -2.34. The van der Waals surface area contributed by atoms with Gasteiger partial charge in [-0.1, -0.05) is 20.8 Å². The van der Waals surface area contributed by atoms with Gasteiger partial charge in [-0.25, -0.2) is 10.8 Å². The van der Waals surface area contributed by atoms with Crippen molar-refractivity contribution in [1.29, 1.82) is 0 Å². The normalized spacial score (nSPS) is 19.2. The number of likely N-dealkylation sites (tertiary alicyclic amines) is 1. The molecule has 5 heteroatoms. The van der Waals surface area contributed by atoms with Gasteiger partial charge in [0.05, 0.1) is 0 Å². The molecule has 1 aliphatic heterocycles. The number of nitrogens with two attached hydrogens (primary N) is 1. The standard InChI is InChI=1S/C15H24N4O/c1-10-6-5-7-19(10)14(20)11-8-12(15(2,3)4)17-13(9-11)18-16/h8-10H,5-7,16H2,1-4H3,(H,17,18). The molecule has 1 aromatic rings. The van der Waals surface area contributed by atoms with Gasteiger partial charge >= 0.3 is 0 Å². The number of anilines is 1. The number of nitrogens with zero attached hydrogens (tertiary/aromatic N) is 2. The molecule has 2 rings (SSSR count). The van der Waals surface area contributed by atoms with Crippen molar-refractivity contribution in [3.8, 4) is 0 Å². The molecule has 0 saturated carbocycles. The van der Waals surface area contributed by atoms with E-state index in [1.807, 2.05) is 11.0 Å². The Kier molecular flexibility index (Phi) is 3.99. The zero-order valence-corrected chi connectivity index (χ0v) is 12.7. The summed E-state index contributed by atoms with van der Waals surface area (Å²) in [6.45, 7) is 9.14. The molecule has 5 nitrogen and oxygen atoms in total. The number of rotatable bonds is 2. The summed E-state index contributed by atoms with van der Waals surface area (Å²) in [7, 11) is 0. The van der Waals surface area contributed by atoms with E-state index < -0.39 is 0 Å². The molecule has 1 aromatic heterocycles. The highest BCUT2D eigenvalue weighted by molar-refractivity contribution is 5.95. The van der Waals surface area contributed by atoms with Crippen LogP contribution in [0.5, 0.6) is 0 Å². The first-order chi connectivity index (χ1) is 9.32. The van der Waals surface area contributed by atoms with Crippen LogP contribution in [-0.4, -0.2) is 28.4 Å². The summed E-state index contributed by atoms with van der Waals surface area (Å²) >= 11 is 0. The number of carbonyl (C=O) groups excluding carboxylic acids is 1. The molecule has 1 atom stereocenters. The van der Waals surface area contributed by atoms with E-state index in [0.717, 1.165) is 25.1 Å². The average Bonchev–Trinajstić information content (AvgIpc) is 2.82. The second-order valence-corrected chi connectivity index (χ2v) is 6.51. The van der Waals surface area contributed by atoms with Crippen LogP contribution < -0.4 is 11.3 Å². The summed E-state index contributed by atoms with van der Waals surface area (Å²) in [6, 6.07) is 3.92. The fourth-order valence-corrected chi connectivity index (χ4v) is 2.51. The number of nitrogen functional groups attached to an aromatic ring is 1. The predicted molar refractivity (Wildman–Crippen MR) is 80.5 cm³/mol. The monoisotopic (exact) mass is 276 g/mol. The van der Waals surface area contributed by atoms with Crippen molar-refractivity contribution in [2.45, 2.75) is 52.0 Å². The van der Waals surface area contributed by atoms with E-state index in [-0.39, 0.29) is 11.3 Å². The predicted octanol–water partition coefficient (Wildman–Crippen LogP) is 2.29. The molecule has 0 bridgehead atoms. The Bertz CT molecular complexity index is 507. The van der Waals surface area contributed by atoms with Crippen LogP contribution in [0, 0.1) is 0 Å². The smallest absolute Gasteiger partial charge is 0.254 e. The molecule has 1 amide bonds. The molecule has 20 heavy (non-hydrogen) atoms. The SMILES string of the molecule is CC1CCCN1C(=O)c1cc(NN)nc(C(C)(C)C)c1. The number of aromatic nitrogens is 1. The maximum Gasteiger partial charge on any atom is 0.254 e. The summed E-state index contributed by atoms with van der Waals surface area (Å²) in [6.07, 6.45) is 2.15. The van der Waals surface area contributed by atoms with Crippen LogP contribution in [0.2, 0.25) is 0 Å². The lowest BCUT2D eigenvalue weighted by molar-refractivity contribution is 0.0747. The van der Waals surface area contributed by atoms with E-state index in [1.165, 1.54) is 0 Å². The van der Waals surface area contributed by atoms with Crippen LogP contribution in [0.25, 0.3) is 0 Å². The van der Waals surface area contributed by atoms with Gasteiger partial charge < -0.3 is 10.3 Å². The first-order valence-electron chi connectivity index (χ1n) is 7.13. The number of pyridine rings is 1. The van der Waals surface area contributed by atoms with E-state index in [0.29, 0.717) is 17.4 Å². The lowest BCUT2D eigenvalue weighted by atomic mass is 9.90. The molecule has 0 aromatic carbocycles. The topological polar surface area (TPSA) is 71.2 Å². The molecule has 1 unspecified atom stereocenters. The number of hydrogen-bond acceptors (Lipinski definition) is 4. The minimum Gasteiger partial charge on any atom is -0.336 e. The third kappa shape index (κ3) is 2.93. The van der Waals surface area contributed by atoms with Gasteiger partial charge in [0, 0.05) is 29.3 Å². The third-order valence-electron chi connectivity index (χ3n) is 3.80. The van der Waals surface area contributed by atoms with Gasteiger partial charge in [-0.2, -0.15) is 0 Å². The molecular formula is C15H24N4O. The zero-order chi connectivity index (χ0) is 14.9. The van der Waals surface area contributed by atoms with Crippen LogP contribution in [0.4, 0.5) is 5.82 Å².